The van der Waals surface area contributed by atoms with E-state index in [1.165, 1.54) is 0 Å². The van der Waals surface area contributed by atoms with Gasteiger partial charge in [0.15, 0.2) is 0 Å². The van der Waals surface area contributed by atoms with E-state index in [9.17, 15) is 4.79 Å². The van der Waals surface area contributed by atoms with Crippen LogP contribution in [0, 0.1) is 11.3 Å². The molecule has 0 saturated heterocycles. The van der Waals surface area contributed by atoms with Crippen LogP contribution >= 0.6 is 0 Å². The summed E-state index contributed by atoms with van der Waals surface area (Å²) in [5, 5.41) is 20.7. The van der Waals surface area contributed by atoms with Crippen molar-refractivity contribution in [2.24, 2.45) is 0 Å². The van der Waals surface area contributed by atoms with Crippen molar-refractivity contribution in [3.05, 3.63) is 23.8 Å². The van der Waals surface area contributed by atoms with E-state index in [1.807, 2.05) is 13.0 Å². The molecule has 1 aliphatic rings. The van der Waals surface area contributed by atoms with Crippen molar-refractivity contribution in [3.8, 4) is 11.8 Å². The van der Waals surface area contributed by atoms with E-state index < -0.39 is 12.1 Å². The minimum atomic E-state index is -0.888. The second kappa shape index (κ2) is 4.34. The van der Waals surface area contributed by atoms with Crippen molar-refractivity contribution < 1.29 is 14.6 Å². The van der Waals surface area contributed by atoms with Crippen LogP contribution in [0.3, 0.4) is 0 Å². The molecule has 0 radical (unpaired) electrons. The number of ether oxygens (including phenoxy) is 1. The molecule has 2 unspecified atom stereocenters. The van der Waals surface area contributed by atoms with E-state index in [0.29, 0.717) is 11.3 Å². The number of aliphatic carboxylic acids is 1. The lowest BCUT2D eigenvalue weighted by molar-refractivity contribution is -0.139. The van der Waals surface area contributed by atoms with E-state index in [1.54, 1.807) is 18.2 Å². The fraction of sp³-hybridized carbons (Fsp3) is 0.333. The van der Waals surface area contributed by atoms with E-state index >= 15 is 0 Å². The Morgan fingerprint density at radius 3 is 3.06 bits per heavy atom. The summed E-state index contributed by atoms with van der Waals surface area (Å²) in [6.07, 6.45) is -0.443. The smallest absolute Gasteiger partial charge is 0.307 e. The topological polar surface area (TPSA) is 82.3 Å². The zero-order valence-corrected chi connectivity index (χ0v) is 9.30. The SMILES string of the molecule is CC1Nc2cc(C#N)ccc2OC1CC(=O)O. The van der Waals surface area contributed by atoms with E-state index in [0.717, 1.165) is 5.69 Å². The molecule has 1 aliphatic heterocycles. The molecule has 0 saturated carbocycles. The second-order valence-electron chi connectivity index (χ2n) is 4.01. The second-order valence-corrected chi connectivity index (χ2v) is 4.01. The van der Waals surface area contributed by atoms with Crippen molar-refractivity contribution in [1.82, 2.24) is 0 Å². The minimum Gasteiger partial charge on any atom is -0.486 e. The monoisotopic (exact) mass is 232 g/mol. The number of carboxylic acid groups (broad SMARTS) is 1. The molecular formula is C12H12N2O3. The van der Waals surface area contributed by atoms with Gasteiger partial charge in [-0.3, -0.25) is 4.79 Å². The Balaban J connectivity index is 2.24. The van der Waals surface area contributed by atoms with Gasteiger partial charge in [0.2, 0.25) is 0 Å². The number of nitrogens with zero attached hydrogens (tertiary/aromatic N) is 1. The van der Waals surface area contributed by atoms with Crippen LogP contribution in [0.25, 0.3) is 0 Å². The highest BCUT2D eigenvalue weighted by atomic mass is 16.5. The van der Waals surface area contributed by atoms with Crippen molar-refractivity contribution in [1.29, 1.82) is 5.26 Å². The maximum atomic E-state index is 10.7. The molecule has 1 aromatic rings. The Hall–Kier alpha value is -2.22. The lowest BCUT2D eigenvalue weighted by Crippen LogP contribution is -2.40. The van der Waals surface area contributed by atoms with Gasteiger partial charge in [-0.1, -0.05) is 0 Å². The Morgan fingerprint density at radius 2 is 2.41 bits per heavy atom. The zero-order valence-electron chi connectivity index (χ0n) is 9.30. The van der Waals surface area contributed by atoms with Gasteiger partial charge in [0.25, 0.3) is 0 Å². The molecule has 5 heteroatoms. The first-order valence-corrected chi connectivity index (χ1v) is 5.29. The maximum absolute atomic E-state index is 10.7. The molecule has 0 bridgehead atoms. The summed E-state index contributed by atoms with van der Waals surface area (Å²) >= 11 is 0. The summed E-state index contributed by atoms with van der Waals surface area (Å²) in [4.78, 5) is 10.7. The van der Waals surface area contributed by atoms with Crippen molar-refractivity contribution in [3.63, 3.8) is 0 Å². The normalized spacial score (nSPS) is 21.6. The van der Waals surface area contributed by atoms with Crippen LogP contribution in [0.1, 0.15) is 18.9 Å². The third kappa shape index (κ3) is 2.31. The standard InChI is InChI=1S/C12H12N2O3/c1-7-11(5-12(15)16)17-10-3-2-8(6-13)4-9(10)14-7/h2-4,7,11,14H,5H2,1H3,(H,15,16). The van der Waals surface area contributed by atoms with Gasteiger partial charge >= 0.3 is 5.97 Å². The molecule has 0 aromatic heterocycles. The van der Waals surface area contributed by atoms with Gasteiger partial charge in [0, 0.05) is 0 Å². The number of fused-ring (bicyclic) bond motifs is 1. The highest BCUT2D eigenvalue weighted by Crippen LogP contribution is 2.32. The summed E-state index contributed by atoms with van der Waals surface area (Å²) in [7, 11) is 0. The molecule has 2 atom stereocenters. The molecule has 88 valence electrons. The number of hydrogen-bond donors (Lipinski definition) is 2. The predicted molar refractivity (Wildman–Crippen MR) is 60.9 cm³/mol. The summed E-state index contributed by atoms with van der Waals surface area (Å²) in [5.41, 5.74) is 1.28. The van der Waals surface area contributed by atoms with E-state index in [4.69, 9.17) is 15.1 Å². The van der Waals surface area contributed by atoms with E-state index in [-0.39, 0.29) is 12.5 Å². The highest BCUT2D eigenvalue weighted by Gasteiger charge is 2.28. The summed E-state index contributed by atoms with van der Waals surface area (Å²) < 4.78 is 5.60. The lowest BCUT2D eigenvalue weighted by Gasteiger charge is -2.32. The van der Waals surface area contributed by atoms with Crippen LogP contribution in [-0.4, -0.2) is 23.2 Å². The first-order chi connectivity index (χ1) is 8.10. The Kier molecular flexibility index (Phi) is 2.88. The van der Waals surface area contributed by atoms with Gasteiger partial charge in [0.05, 0.1) is 29.8 Å². The number of benzene rings is 1. The molecule has 1 heterocycles. The van der Waals surface area contributed by atoms with Crippen LogP contribution in [-0.2, 0) is 4.79 Å². The van der Waals surface area contributed by atoms with Gasteiger partial charge in [-0.05, 0) is 25.1 Å². The Bertz CT molecular complexity index is 493. The molecular weight excluding hydrogens is 220 g/mol. The summed E-state index contributed by atoms with van der Waals surface area (Å²) in [6.45, 7) is 1.86. The van der Waals surface area contributed by atoms with Gasteiger partial charge in [-0.2, -0.15) is 5.26 Å². The average molecular weight is 232 g/mol. The minimum absolute atomic E-state index is 0.0480. The maximum Gasteiger partial charge on any atom is 0.307 e. The van der Waals surface area contributed by atoms with Gasteiger partial charge < -0.3 is 15.2 Å². The van der Waals surface area contributed by atoms with Crippen LogP contribution in [0.5, 0.6) is 5.75 Å². The average Bonchev–Trinajstić information content (AvgIpc) is 2.29. The fourth-order valence-electron chi connectivity index (χ4n) is 1.81. The number of carboxylic acids is 1. The Morgan fingerprint density at radius 1 is 1.65 bits per heavy atom. The molecule has 0 fully saturated rings. The van der Waals surface area contributed by atoms with E-state index in [2.05, 4.69) is 5.32 Å². The summed E-state index contributed by atoms with van der Waals surface area (Å²) in [6, 6.07) is 6.97. The van der Waals surface area contributed by atoms with Crippen LogP contribution in [0.15, 0.2) is 18.2 Å². The predicted octanol–water partition coefficient (Wildman–Crippen LogP) is 1.59. The van der Waals surface area contributed by atoms with Gasteiger partial charge in [0.1, 0.15) is 11.9 Å². The third-order valence-electron chi connectivity index (χ3n) is 2.70. The van der Waals surface area contributed by atoms with Crippen molar-refractivity contribution >= 4 is 11.7 Å². The first kappa shape index (κ1) is 11.3. The number of hydrogen-bond acceptors (Lipinski definition) is 4. The number of carbonyl (C=O) groups is 1. The number of nitrogens with one attached hydrogen (secondary N) is 1. The molecule has 2 N–H and O–H groups in total. The molecule has 0 amide bonds. The number of anilines is 1. The van der Waals surface area contributed by atoms with Gasteiger partial charge in [-0.25, -0.2) is 0 Å². The number of rotatable bonds is 2. The fourth-order valence-corrected chi connectivity index (χ4v) is 1.81. The largest absolute Gasteiger partial charge is 0.486 e. The van der Waals surface area contributed by atoms with Crippen LogP contribution in [0.2, 0.25) is 0 Å². The lowest BCUT2D eigenvalue weighted by atomic mass is 10.1. The van der Waals surface area contributed by atoms with Crippen LogP contribution < -0.4 is 10.1 Å². The zero-order chi connectivity index (χ0) is 12.4. The highest BCUT2D eigenvalue weighted by molar-refractivity contribution is 5.69. The van der Waals surface area contributed by atoms with Gasteiger partial charge in [-0.15, -0.1) is 0 Å². The molecule has 17 heavy (non-hydrogen) atoms. The van der Waals surface area contributed by atoms with Crippen molar-refractivity contribution in [2.75, 3.05) is 5.32 Å². The molecule has 0 spiro atoms. The third-order valence-corrected chi connectivity index (χ3v) is 2.70. The molecule has 0 aliphatic carbocycles. The number of nitriles is 1. The first-order valence-electron chi connectivity index (χ1n) is 5.29. The molecule has 2 rings (SSSR count). The summed E-state index contributed by atoms with van der Waals surface area (Å²) in [5.74, 6) is -0.297. The van der Waals surface area contributed by atoms with Crippen LogP contribution in [0.4, 0.5) is 5.69 Å². The quantitative estimate of drug-likeness (QED) is 0.809. The van der Waals surface area contributed by atoms with Crippen molar-refractivity contribution in [2.45, 2.75) is 25.5 Å². The molecule has 5 nitrogen and oxygen atoms in total. The molecule has 1 aromatic carbocycles. The Labute approximate surface area is 98.6 Å².